The van der Waals surface area contributed by atoms with E-state index in [-0.39, 0.29) is 5.91 Å². The molecular formula is C25H17Cl2N3O2S. The molecule has 0 unspecified atom stereocenters. The van der Waals surface area contributed by atoms with Gasteiger partial charge in [-0.25, -0.2) is 4.98 Å². The molecule has 5 rings (SSSR count). The van der Waals surface area contributed by atoms with E-state index in [2.05, 4.69) is 5.16 Å². The Morgan fingerprint density at radius 1 is 1.03 bits per heavy atom. The Hall–Kier alpha value is -3.19. The van der Waals surface area contributed by atoms with Crippen LogP contribution < -0.4 is 4.90 Å². The number of amides is 1. The van der Waals surface area contributed by atoms with E-state index in [0.717, 1.165) is 15.8 Å². The van der Waals surface area contributed by atoms with E-state index in [9.17, 15) is 4.79 Å². The van der Waals surface area contributed by atoms with Crippen LogP contribution in [0, 0.1) is 6.92 Å². The van der Waals surface area contributed by atoms with Crippen molar-refractivity contribution in [2.24, 2.45) is 0 Å². The normalized spacial score (nSPS) is 11.1. The molecule has 5 aromatic rings. The van der Waals surface area contributed by atoms with Gasteiger partial charge >= 0.3 is 0 Å². The molecule has 0 spiro atoms. The van der Waals surface area contributed by atoms with Crippen LogP contribution in [0.5, 0.6) is 0 Å². The zero-order valence-electron chi connectivity index (χ0n) is 17.5. The number of anilines is 1. The number of rotatable bonds is 5. The van der Waals surface area contributed by atoms with Gasteiger partial charge in [-0.15, -0.1) is 0 Å². The topological polar surface area (TPSA) is 59.2 Å². The number of halogens is 2. The lowest BCUT2D eigenvalue weighted by molar-refractivity contribution is 0.0984. The van der Waals surface area contributed by atoms with Crippen molar-refractivity contribution in [3.63, 3.8) is 0 Å². The Bertz CT molecular complexity index is 1460. The molecule has 0 aliphatic rings. The number of carbonyl (C=O) groups is 1. The number of hydrogen-bond acceptors (Lipinski definition) is 5. The highest BCUT2D eigenvalue weighted by molar-refractivity contribution is 7.22. The van der Waals surface area contributed by atoms with Gasteiger partial charge in [0.15, 0.2) is 5.13 Å². The van der Waals surface area contributed by atoms with Crippen molar-refractivity contribution in [3.8, 4) is 11.3 Å². The van der Waals surface area contributed by atoms with Crippen molar-refractivity contribution in [1.82, 2.24) is 10.1 Å². The maximum Gasteiger partial charge on any atom is 0.266 e. The van der Waals surface area contributed by atoms with E-state index in [4.69, 9.17) is 32.7 Å². The number of aryl methyl sites for hydroxylation is 1. The summed E-state index contributed by atoms with van der Waals surface area (Å²) in [6.45, 7) is 2.05. The Labute approximate surface area is 204 Å². The first-order chi connectivity index (χ1) is 16.0. The number of thiazole rings is 1. The second-order valence-electron chi connectivity index (χ2n) is 7.43. The largest absolute Gasteiger partial charge is 0.360 e. The Morgan fingerprint density at radius 2 is 1.79 bits per heavy atom. The minimum Gasteiger partial charge on any atom is -0.360 e. The van der Waals surface area contributed by atoms with Gasteiger partial charge in [0, 0.05) is 10.6 Å². The summed E-state index contributed by atoms with van der Waals surface area (Å²) in [5.41, 5.74) is 3.15. The van der Waals surface area contributed by atoms with E-state index in [0.29, 0.717) is 44.3 Å². The Kier molecular flexibility index (Phi) is 5.89. The van der Waals surface area contributed by atoms with Gasteiger partial charge in [-0.2, -0.15) is 0 Å². The molecule has 2 heterocycles. The third kappa shape index (κ3) is 4.25. The average molecular weight is 494 g/mol. The number of fused-ring (bicyclic) bond motifs is 1. The quantitative estimate of drug-likeness (QED) is 0.255. The Morgan fingerprint density at radius 3 is 2.58 bits per heavy atom. The molecule has 1 amide bonds. The summed E-state index contributed by atoms with van der Waals surface area (Å²) in [7, 11) is 0. The number of aromatic nitrogens is 2. The summed E-state index contributed by atoms with van der Waals surface area (Å²) < 4.78 is 6.35. The summed E-state index contributed by atoms with van der Waals surface area (Å²) in [6.07, 6.45) is 0. The summed E-state index contributed by atoms with van der Waals surface area (Å²) in [4.78, 5) is 20.4. The summed E-state index contributed by atoms with van der Waals surface area (Å²) >= 11 is 14.0. The predicted molar refractivity (Wildman–Crippen MR) is 133 cm³/mol. The van der Waals surface area contributed by atoms with Crippen LogP contribution in [0.2, 0.25) is 10.0 Å². The van der Waals surface area contributed by atoms with Crippen LogP contribution in [-0.4, -0.2) is 16.0 Å². The average Bonchev–Trinajstić information content (AvgIpc) is 3.41. The zero-order chi connectivity index (χ0) is 22.9. The summed E-state index contributed by atoms with van der Waals surface area (Å²) in [5, 5.41) is 5.84. The second-order valence-corrected chi connectivity index (χ2v) is 9.28. The molecule has 2 aromatic heterocycles. The van der Waals surface area contributed by atoms with E-state index in [1.165, 1.54) is 11.3 Å². The first kappa shape index (κ1) is 21.6. The highest BCUT2D eigenvalue weighted by Crippen LogP contribution is 2.36. The maximum absolute atomic E-state index is 14.0. The van der Waals surface area contributed by atoms with Crippen molar-refractivity contribution in [1.29, 1.82) is 0 Å². The maximum atomic E-state index is 14.0. The number of nitrogens with zero attached hydrogens (tertiary/aromatic N) is 3. The van der Waals surface area contributed by atoms with Crippen LogP contribution in [0.1, 0.15) is 21.7 Å². The molecule has 0 fully saturated rings. The predicted octanol–water partition coefficient (Wildman–Crippen LogP) is 7.41. The van der Waals surface area contributed by atoms with Crippen molar-refractivity contribution in [3.05, 3.63) is 99.7 Å². The molecule has 0 saturated carbocycles. The molecule has 33 heavy (non-hydrogen) atoms. The lowest BCUT2D eigenvalue weighted by Crippen LogP contribution is -2.31. The fourth-order valence-corrected chi connectivity index (χ4v) is 5.05. The molecular weight excluding hydrogens is 477 g/mol. The third-order valence-corrected chi connectivity index (χ3v) is 6.81. The van der Waals surface area contributed by atoms with Gasteiger partial charge in [0.25, 0.3) is 5.91 Å². The lowest BCUT2D eigenvalue weighted by Gasteiger charge is -2.20. The number of carbonyl (C=O) groups excluding carboxylic acids is 1. The van der Waals surface area contributed by atoms with Crippen LogP contribution in [0.15, 0.2) is 77.3 Å². The van der Waals surface area contributed by atoms with Gasteiger partial charge in [-0.3, -0.25) is 9.69 Å². The van der Waals surface area contributed by atoms with E-state index in [1.54, 1.807) is 24.0 Å². The summed E-state index contributed by atoms with van der Waals surface area (Å²) in [6, 6.07) is 22.5. The van der Waals surface area contributed by atoms with Crippen LogP contribution in [0.4, 0.5) is 5.13 Å². The van der Waals surface area contributed by atoms with Gasteiger partial charge in [-0.05, 0) is 36.8 Å². The fourth-order valence-electron chi connectivity index (χ4n) is 3.59. The third-order valence-electron chi connectivity index (χ3n) is 5.20. The fraction of sp³-hybridized carbons (Fsp3) is 0.0800. The monoisotopic (exact) mass is 493 g/mol. The second kappa shape index (κ2) is 8.98. The van der Waals surface area contributed by atoms with Gasteiger partial charge in [-0.1, -0.05) is 88.2 Å². The first-order valence-electron chi connectivity index (χ1n) is 10.1. The summed E-state index contributed by atoms with van der Waals surface area (Å²) in [5.74, 6) is 0.148. The smallest absolute Gasteiger partial charge is 0.266 e. The van der Waals surface area contributed by atoms with Crippen LogP contribution in [0.25, 0.3) is 21.5 Å². The molecule has 0 aliphatic heterocycles. The molecule has 0 bridgehead atoms. The number of hydrogen-bond donors (Lipinski definition) is 0. The Balaban J connectivity index is 1.63. The van der Waals surface area contributed by atoms with E-state index < -0.39 is 0 Å². The van der Waals surface area contributed by atoms with Crippen molar-refractivity contribution in [2.75, 3.05) is 4.90 Å². The van der Waals surface area contributed by atoms with Gasteiger partial charge in [0.2, 0.25) is 0 Å². The van der Waals surface area contributed by atoms with E-state index in [1.807, 2.05) is 60.7 Å². The van der Waals surface area contributed by atoms with Gasteiger partial charge in [0.05, 0.1) is 21.8 Å². The van der Waals surface area contributed by atoms with E-state index >= 15 is 0 Å². The molecule has 0 radical (unpaired) electrons. The van der Waals surface area contributed by atoms with Crippen molar-refractivity contribution in [2.45, 2.75) is 13.5 Å². The minimum absolute atomic E-state index is 0.266. The molecule has 164 valence electrons. The first-order valence-corrected chi connectivity index (χ1v) is 11.7. The van der Waals surface area contributed by atoms with Crippen LogP contribution in [-0.2, 0) is 6.54 Å². The molecule has 5 nitrogen and oxygen atoms in total. The lowest BCUT2D eigenvalue weighted by atomic mass is 10.0. The molecule has 3 aromatic carbocycles. The van der Waals surface area contributed by atoms with Gasteiger partial charge in [0.1, 0.15) is 17.0 Å². The molecule has 8 heteroatoms. The standard InChI is InChI=1S/C25H17Cl2N3O2S/c1-15-22(23(29-32-15)18-9-5-6-10-19(18)27)24(31)30(14-16-7-3-2-4-8-16)25-28-20-12-11-17(26)13-21(20)33-25/h2-13H,14H2,1H3. The highest BCUT2D eigenvalue weighted by Gasteiger charge is 2.29. The molecule has 0 saturated heterocycles. The highest BCUT2D eigenvalue weighted by atomic mass is 35.5. The van der Waals surface area contributed by atoms with Gasteiger partial charge < -0.3 is 4.52 Å². The molecule has 0 atom stereocenters. The van der Waals surface area contributed by atoms with Crippen molar-refractivity contribution < 1.29 is 9.32 Å². The zero-order valence-corrected chi connectivity index (χ0v) is 19.8. The van der Waals surface area contributed by atoms with Crippen LogP contribution >= 0.6 is 34.5 Å². The molecule has 0 N–H and O–H groups in total. The molecule has 0 aliphatic carbocycles. The minimum atomic E-state index is -0.266. The van der Waals surface area contributed by atoms with Crippen molar-refractivity contribution >= 4 is 55.8 Å². The SMILES string of the molecule is Cc1onc(-c2ccccc2Cl)c1C(=O)N(Cc1ccccc1)c1nc2ccc(Cl)cc2s1. The van der Waals surface area contributed by atoms with Crippen LogP contribution in [0.3, 0.4) is 0 Å². The number of benzene rings is 3.